The molecule has 1 aromatic heterocycles. The molecule has 3 N–H and O–H groups in total. The predicted octanol–water partition coefficient (Wildman–Crippen LogP) is 6.89. The number of hydrogen-bond acceptors (Lipinski definition) is 5. The van der Waals surface area contributed by atoms with E-state index in [9.17, 15) is 18.0 Å². The van der Waals surface area contributed by atoms with Crippen LogP contribution in [0.3, 0.4) is 0 Å². The van der Waals surface area contributed by atoms with Crippen LogP contribution in [0, 0.1) is 0 Å². The van der Waals surface area contributed by atoms with Crippen LogP contribution in [0.5, 0.6) is 0 Å². The molecule has 0 bridgehead atoms. The third-order valence-electron chi connectivity index (χ3n) is 8.17. The van der Waals surface area contributed by atoms with Crippen LogP contribution in [0.2, 0.25) is 0 Å². The lowest BCUT2D eigenvalue weighted by atomic mass is 9.89. The number of piperidine rings is 1. The van der Waals surface area contributed by atoms with Gasteiger partial charge in [0.15, 0.2) is 0 Å². The number of alkyl halides is 3. The highest BCUT2D eigenvalue weighted by atomic mass is 19.4. The molecule has 9 heteroatoms. The zero-order chi connectivity index (χ0) is 29.7. The zero-order valence-electron chi connectivity index (χ0n) is 24.3. The molecule has 1 saturated heterocycles. The fraction of sp³-hybridized carbons (Fsp3) is 0.455. The number of anilines is 2. The topological polar surface area (TPSA) is 69.3 Å². The molecule has 2 heterocycles. The number of carbonyl (C=O) groups is 1. The fourth-order valence-corrected chi connectivity index (χ4v) is 6.08. The summed E-state index contributed by atoms with van der Waals surface area (Å²) in [6.45, 7) is 5.50. The van der Waals surface area contributed by atoms with Crippen LogP contribution in [0.25, 0.3) is 11.1 Å². The molecule has 3 atom stereocenters. The number of halogens is 3. The summed E-state index contributed by atoms with van der Waals surface area (Å²) in [6, 6.07) is 18.0. The van der Waals surface area contributed by atoms with Crippen molar-refractivity contribution in [3.8, 4) is 11.1 Å². The smallest absolute Gasteiger partial charge is 0.370 e. The third-order valence-corrected chi connectivity index (χ3v) is 8.17. The Hall–Kier alpha value is -3.59. The number of carbonyl (C=O) groups excluding carboxylic acids is 1. The summed E-state index contributed by atoms with van der Waals surface area (Å²) < 4.78 is 39.1. The van der Waals surface area contributed by atoms with Gasteiger partial charge >= 0.3 is 6.18 Å². The highest BCUT2D eigenvalue weighted by Crippen LogP contribution is 2.32. The van der Waals surface area contributed by atoms with E-state index >= 15 is 0 Å². The van der Waals surface area contributed by atoms with Gasteiger partial charge in [-0.2, -0.15) is 13.2 Å². The van der Waals surface area contributed by atoms with Gasteiger partial charge in [-0.25, -0.2) is 4.98 Å². The van der Waals surface area contributed by atoms with Crippen LogP contribution < -0.4 is 20.9 Å². The minimum atomic E-state index is -4.32. The van der Waals surface area contributed by atoms with Crippen molar-refractivity contribution in [2.75, 3.05) is 23.3 Å². The maximum atomic E-state index is 13.0. The summed E-state index contributed by atoms with van der Waals surface area (Å²) in [5.74, 6) is 0.716. The Balaban J connectivity index is 1.23. The molecule has 1 aliphatic heterocycles. The van der Waals surface area contributed by atoms with Crippen molar-refractivity contribution in [2.24, 2.45) is 0 Å². The Bertz CT molecular complexity index is 1340. The maximum absolute atomic E-state index is 13.0. The molecule has 2 fully saturated rings. The highest BCUT2D eigenvalue weighted by Gasteiger charge is 2.32. The van der Waals surface area contributed by atoms with Gasteiger partial charge in [0.25, 0.3) is 5.91 Å². The molecule has 0 radical (unpaired) electrons. The van der Waals surface area contributed by atoms with Crippen LogP contribution >= 0.6 is 0 Å². The normalized spacial score (nSPS) is 21.3. The van der Waals surface area contributed by atoms with E-state index in [-0.39, 0.29) is 30.1 Å². The lowest BCUT2D eigenvalue weighted by Gasteiger charge is -2.40. The van der Waals surface area contributed by atoms with Crippen molar-refractivity contribution in [1.29, 1.82) is 0 Å². The summed E-state index contributed by atoms with van der Waals surface area (Å²) in [4.78, 5) is 19.3. The van der Waals surface area contributed by atoms with E-state index in [2.05, 4.69) is 25.8 Å². The second-order valence-electron chi connectivity index (χ2n) is 11.8. The minimum absolute atomic E-state index is 0.0661. The van der Waals surface area contributed by atoms with E-state index in [0.717, 1.165) is 74.2 Å². The van der Waals surface area contributed by atoms with Gasteiger partial charge in [-0.1, -0.05) is 25.0 Å². The van der Waals surface area contributed by atoms with E-state index in [1.54, 1.807) is 18.3 Å². The number of rotatable bonds is 8. The van der Waals surface area contributed by atoms with Gasteiger partial charge in [-0.15, -0.1) is 0 Å². The Morgan fingerprint density at radius 1 is 0.929 bits per heavy atom. The first-order valence-corrected chi connectivity index (χ1v) is 15.0. The molecule has 42 heavy (non-hydrogen) atoms. The molecule has 2 aromatic carbocycles. The van der Waals surface area contributed by atoms with Gasteiger partial charge in [-0.05, 0) is 99.2 Å². The molecule has 1 aliphatic carbocycles. The van der Waals surface area contributed by atoms with Gasteiger partial charge in [0.05, 0.1) is 5.56 Å². The quantitative estimate of drug-likeness (QED) is 0.271. The third kappa shape index (κ3) is 7.62. The number of pyridine rings is 1. The molecule has 0 spiro atoms. The number of nitrogens with zero attached hydrogens (tertiary/aromatic N) is 2. The van der Waals surface area contributed by atoms with Crippen molar-refractivity contribution < 1.29 is 18.0 Å². The van der Waals surface area contributed by atoms with Crippen LogP contribution in [0.4, 0.5) is 24.7 Å². The molecule has 224 valence electrons. The standard InChI is InChI=1S/C33H40F3N5O/c1-22(2)38-32(42)25-8-5-7-23(19-25)24-16-17-37-31(20-24)40-30-11-4-3-10-29(30)39-27-9-6-18-41(21-27)28-14-12-26(13-15-28)33(34,35)36/h5,7-8,12-17,19-20,22,27,29-30,39H,3-4,6,9-11,18,21H2,1-2H3,(H,37,40)(H,38,42)/t27-,29+,30+/m0/s1. The van der Waals surface area contributed by atoms with Gasteiger partial charge in [-0.3, -0.25) is 4.79 Å². The summed E-state index contributed by atoms with van der Waals surface area (Å²) in [5, 5.41) is 10.5. The van der Waals surface area contributed by atoms with Crippen LogP contribution in [-0.4, -0.2) is 48.1 Å². The van der Waals surface area contributed by atoms with E-state index in [1.165, 1.54) is 12.1 Å². The molecule has 6 nitrogen and oxygen atoms in total. The zero-order valence-corrected chi connectivity index (χ0v) is 24.3. The maximum Gasteiger partial charge on any atom is 0.416 e. The second kappa shape index (κ2) is 13.2. The number of aromatic nitrogens is 1. The van der Waals surface area contributed by atoms with Gasteiger partial charge in [0.2, 0.25) is 0 Å². The monoisotopic (exact) mass is 579 g/mol. The average Bonchev–Trinajstić information content (AvgIpc) is 2.98. The number of benzene rings is 2. The molecule has 1 saturated carbocycles. The summed E-state index contributed by atoms with van der Waals surface area (Å²) >= 11 is 0. The van der Waals surface area contributed by atoms with Crippen molar-refractivity contribution in [1.82, 2.24) is 15.6 Å². The summed E-state index contributed by atoms with van der Waals surface area (Å²) in [7, 11) is 0. The first-order chi connectivity index (χ1) is 20.2. The highest BCUT2D eigenvalue weighted by molar-refractivity contribution is 5.95. The Labute approximate surface area is 246 Å². The lowest BCUT2D eigenvalue weighted by Crippen LogP contribution is -2.55. The number of amides is 1. The largest absolute Gasteiger partial charge is 0.416 e. The predicted molar refractivity (Wildman–Crippen MR) is 162 cm³/mol. The van der Waals surface area contributed by atoms with Gasteiger partial charge in [0.1, 0.15) is 5.82 Å². The fourth-order valence-electron chi connectivity index (χ4n) is 6.08. The van der Waals surface area contributed by atoms with Gasteiger partial charge < -0.3 is 20.9 Å². The summed E-state index contributed by atoms with van der Waals surface area (Å²) in [6.07, 6.45) is 3.89. The SMILES string of the molecule is CC(C)NC(=O)c1cccc(-c2ccnc(N[C@@H]3CCCC[C@H]3N[C@H]3CCCN(c4ccc(C(F)(F)F)cc4)C3)c2)c1. The van der Waals surface area contributed by atoms with Gasteiger partial charge in [0, 0.05) is 54.7 Å². The Morgan fingerprint density at radius 3 is 2.40 bits per heavy atom. The van der Waals surface area contributed by atoms with Crippen LogP contribution in [0.15, 0.2) is 66.9 Å². The van der Waals surface area contributed by atoms with E-state index < -0.39 is 11.7 Å². The molecular formula is C33H40F3N5O. The summed E-state index contributed by atoms with van der Waals surface area (Å²) in [5.41, 5.74) is 2.80. The van der Waals surface area contributed by atoms with E-state index in [4.69, 9.17) is 0 Å². The van der Waals surface area contributed by atoms with Crippen LogP contribution in [0.1, 0.15) is 68.3 Å². The molecule has 3 aromatic rings. The minimum Gasteiger partial charge on any atom is -0.370 e. The van der Waals surface area contributed by atoms with Crippen molar-refractivity contribution >= 4 is 17.4 Å². The van der Waals surface area contributed by atoms with Crippen molar-refractivity contribution in [2.45, 2.75) is 82.7 Å². The van der Waals surface area contributed by atoms with Crippen LogP contribution in [-0.2, 0) is 6.18 Å². The average molecular weight is 580 g/mol. The Morgan fingerprint density at radius 2 is 1.67 bits per heavy atom. The Kier molecular flexibility index (Phi) is 9.36. The number of nitrogens with one attached hydrogen (secondary N) is 3. The molecule has 5 rings (SSSR count). The first-order valence-electron chi connectivity index (χ1n) is 15.0. The van der Waals surface area contributed by atoms with E-state index in [0.29, 0.717) is 5.56 Å². The lowest BCUT2D eigenvalue weighted by molar-refractivity contribution is -0.137. The molecule has 2 aliphatic rings. The second-order valence-corrected chi connectivity index (χ2v) is 11.8. The van der Waals surface area contributed by atoms with Crippen molar-refractivity contribution in [3.05, 3.63) is 78.0 Å². The molecular weight excluding hydrogens is 539 g/mol. The number of hydrogen-bond donors (Lipinski definition) is 3. The first kappa shape index (κ1) is 29.9. The molecule has 1 amide bonds. The van der Waals surface area contributed by atoms with Crippen molar-refractivity contribution in [3.63, 3.8) is 0 Å². The molecule has 0 unspecified atom stereocenters. The van der Waals surface area contributed by atoms with E-state index in [1.807, 2.05) is 50.2 Å².